The normalized spacial score (nSPS) is 17.2. The number of anilines is 1. The van der Waals surface area contributed by atoms with Crippen molar-refractivity contribution in [3.05, 3.63) is 66.9 Å². The average Bonchev–Trinajstić information content (AvgIpc) is 3.49. The van der Waals surface area contributed by atoms with E-state index in [0.29, 0.717) is 16.6 Å². The van der Waals surface area contributed by atoms with E-state index in [1.807, 2.05) is 0 Å². The number of carbonyl (C=O) groups excluding carboxylic acids is 3. The summed E-state index contributed by atoms with van der Waals surface area (Å²) in [4.78, 5) is 45.2. The van der Waals surface area contributed by atoms with E-state index in [-0.39, 0.29) is 25.2 Å². The number of halogens is 1. The Hall–Kier alpha value is -4.74. The van der Waals surface area contributed by atoms with Gasteiger partial charge in [-0.15, -0.1) is 0 Å². The molecule has 11 nitrogen and oxygen atoms in total. The molecule has 0 radical (unpaired) electrons. The Kier molecular flexibility index (Phi) is 6.30. The molecule has 1 saturated heterocycles. The summed E-state index contributed by atoms with van der Waals surface area (Å²) in [5, 5.41) is 12.4. The molecular weight excluding hydrogens is 479 g/mol. The SMILES string of the molecule is CN(C(=O)[C@@H]1C[C@@H](F)CN1C(=O)Cn1nc(C(N)=O)c2cc(-c3ccnnc3)ccc21)c1cccnc1. The largest absolute Gasteiger partial charge is 0.364 e. The fourth-order valence-corrected chi connectivity index (χ4v) is 4.54. The van der Waals surface area contributed by atoms with Crippen molar-refractivity contribution in [3.8, 4) is 11.1 Å². The molecule has 3 amide bonds. The van der Waals surface area contributed by atoms with Crippen LogP contribution in [-0.4, -0.2) is 73.4 Å². The summed E-state index contributed by atoms with van der Waals surface area (Å²) in [5.41, 5.74) is 8.14. The van der Waals surface area contributed by atoms with Crippen molar-refractivity contribution in [2.75, 3.05) is 18.5 Å². The Labute approximate surface area is 210 Å². The first kappa shape index (κ1) is 24.0. The zero-order valence-electron chi connectivity index (χ0n) is 19.9. The molecule has 0 saturated carbocycles. The Balaban J connectivity index is 1.43. The van der Waals surface area contributed by atoms with Gasteiger partial charge in [0.15, 0.2) is 5.69 Å². The summed E-state index contributed by atoms with van der Waals surface area (Å²) < 4.78 is 15.8. The van der Waals surface area contributed by atoms with Gasteiger partial charge in [-0.3, -0.25) is 24.0 Å². The molecule has 0 bridgehead atoms. The van der Waals surface area contributed by atoms with Crippen molar-refractivity contribution in [2.24, 2.45) is 5.73 Å². The molecule has 1 aliphatic rings. The molecule has 12 heteroatoms. The van der Waals surface area contributed by atoms with Crippen LogP contribution in [0.3, 0.4) is 0 Å². The third-order valence-electron chi connectivity index (χ3n) is 6.41. The molecule has 1 fully saturated rings. The summed E-state index contributed by atoms with van der Waals surface area (Å²) in [7, 11) is 1.56. The fraction of sp³-hybridized carbons (Fsp3) is 0.240. The van der Waals surface area contributed by atoms with Gasteiger partial charge in [0, 0.05) is 30.6 Å². The molecule has 0 aliphatic carbocycles. The van der Waals surface area contributed by atoms with Gasteiger partial charge in [0.05, 0.1) is 36.3 Å². The van der Waals surface area contributed by atoms with Crippen LogP contribution < -0.4 is 10.6 Å². The lowest BCUT2D eigenvalue weighted by atomic mass is 10.0. The summed E-state index contributed by atoms with van der Waals surface area (Å²) in [6, 6.07) is 9.45. The Bertz CT molecular complexity index is 1480. The Morgan fingerprint density at radius 3 is 2.65 bits per heavy atom. The first-order chi connectivity index (χ1) is 17.8. The topological polar surface area (TPSA) is 140 Å². The number of hydrogen-bond acceptors (Lipinski definition) is 7. The zero-order chi connectivity index (χ0) is 26.1. The van der Waals surface area contributed by atoms with Gasteiger partial charge in [-0.1, -0.05) is 6.07 Å². The number of alkyl halides is 1. The van der Waals surface area contributed by atoms with Crippen molar-refractivity contribution in [1.82, 2.24) is 29.9 Å². The van der Waals surface area contributed by atoms with E-state index in [0.717, 1.165) is 11.1 Å². The number of likely N-dealkylation sites (N-methyl/N-ethyl adjacent to an activating group) is 1. The van der Waals surface area contributed by atoms with Crippen molar-refractivity contribution < 1.29 is 18.8 Å². The van der Waals surface area contributed by atoms with Crippen LogP contribution in [0.2, 0.25) is 0 Å². The maximum atomic E-state index is 14.4. The molecule has 2 N–H and O–H groups in total. The number of nitrogens with two attached hydrogens (primary N) is 1. The van der Waals surface area contributed by atoms with E-state index in [2.05, 4.69) is 20.3 Å². The van der Waals surface area contributed by atoms with Crippen LogP contribution in [0, 0.1) is 0 Å². The van der Waals surface area contributed by atoms with Crippen LogP contribution in [0.5, 0.6) is 0 Å². The quantitative estimate of drug-likeness (QED) is 0.422. The standard InChI is InChI=1S/C25H23FN8O3/c1-32(18-3-2-7-28-12-18)25(37)21-10-17(26)13-33(21)22(35)14-34-20-5-4-15(16-6-8-29-30-11-16)9-19(20)23(31-34)24(27)36/h2-9,11-12,17,21H,10,13-14H2,1H3,(H2,27,36)/t17-,21+/m1/s1. The molecule has 0 spiro atoms. The first-order valence-electron chi connectivity index (χ1n) is 11.5. The smallest absolute Gasteiger partial charge is 0.269 e. The average molecular weight is 503 g/mol. The number of primary amides is 1. The van der Waals surface area contributed by atoms with Gasteiger partial charge in [-0.05, 0) is 35.9 Å². The number of nitrogens with zero attached hydrogens (tertiary/aromatic N) is 7. The molecule has 1 aliphatic heterocycles. The zero-order valence-corrected chi connectivity index (χ0v) is 19.9. The van der Waals surface area contributed by atoms with Gasteiger partial charge in [0.25, 0.3) is 5.91 Å². The number of benzene rings is 1. The molecule has 2 atom stereocenters. The lowest BCUT2D eigenvalue weighted by Gasteiger charge is -2.27. The van der Waals surface area contributed by atoms with Crippen molar-refractivity contribution in [2.45, 2.75) is 25.2 Å². The molecule has 37 heavy (non-hydrogen) atoms. The van der Waals surface area contributed by atoms with Crippen LogP contribution in [0.4, 0.5) is 10.1 Å². The molecule has 4 heterocycles. The molecule has 5 rings (SSSR count). The van der Waals surface area contributed by atoms with Crippen LogP contribution in [-0.2, 0) is 16.1 Å². The maximum absolute atomic E-state index is 14.4. The van der Waals surface area contributed by atoms with Crippen molar-refractivity contribution in [1.29, 1.82) is 0 Å². The van der Waals surface area contributed by atoms with Gasteiger partial charge in [0.1, 0.15) is 18.8 Å². The minimum Gasteiger partial charge on any atom is -0.364 e. The third kappa shape index (κ3) is 4.60. The molecule has 3 aromatic heterocycles. The van der Waals surface area contributed by atoms with Gasteiger partial charge in [-0.2, -0.15) is 15.3 Å². The van der Waals surface area contributed by atoms with Gasteiger partial charge < -0.3 is 15.5 Å². The molecule has 188 valence electrons. The highest BCUT2D eigenvalue weighted by Crippen LogP contribution is 2.28. The van der Waals surface area contributed by atoms with E-state index >= 15 is 0 Å². The highest BCUT2D eigenvalue weighted by Gasteiger charge is 2.41. The monoisotopic (exact) mass is 502 g/mol. The molecule has 4 aromatic rings. The summed E-state index contributed by atoms with van der Waals surface area (Å²) in [6.07, 6.45) is 4.78. The van der Waals surface area contributed by atoms with Crippen LogP contribution in [0.1, 0.15) is 16.9 Å². The van der Waals surface area contributed by atoms with Gasteiger partial charge in [0.2, 0.25) is 11.8 Å². The van der Waals surface area contributed by atoms with E-state index < -0.39 is 29.9 Å². The van der Waals surface area contributed by atoms with Crippen LogP contribution in [0.25, 0.3) is 22.0 Å². The van der Waals surface area contributed by atoms with Crippen LogP contribution in [0.15, 0.2) is 61.2 Å². The number of likely N-dealkylation sites (tertiary alicyclic amines) is 1. The minimum atomic E-state index is -1.34. The number of rotatable bonds is 6. The number of hydrogen-bond donors (Lipinski definition) is 1. The third-order valence-corrected chi connectivity index (χ3v) is 6.41. The first-order valence-corrected chi connectivity index (χ1v) is 11.5. The predicted octanol–water partition coefficient (Wildman–Crippen LogP) is 1.59. The predicted molar refractivity (Wildman–Crippen MR) is 132 cm³/mol. The fourth-order valence-electron chi connectivity index (χ4n) is 4.54. The van der Waals surface area contributed by atoms with Crippen LogP contribution >= 0.6 is 0 Å². The Morgan fingerprint density at radius 1 is 1.11 bits per heavy atom. The lowest BCUT2D eigenvalue weighted by molar-refractivity contribution is -0.138. The Morgan fingerprint density at radius 2 is 1.95 bits per heavy atom. The second-order valence-corrected chi connectivity index (χ2v) is 8.74. The second kappa shape index (κ2) is 9.72. The molecular formula is C25H23FN8O3. The van der Waals surface area contributed by atoms with Gasteiger partial charge >= 0.3 is 0 Å². The van der Waals surface area contributed by atoms with Gasteiger partial charge in [-0.25, -0.2) is 4.39 Å². The molecule has 0 unspecified atom stereocenters. The summed E-state index contributed by atoms with van der Waals surface area (Å²) in [6.45, 7) is -0.510. The maximum Gasteiger partial charge on any atom is 0.269 e. The van der Waals surface area contributed by atoms with Crippen molar-refractivity contribution in [3.63, 3.8) is 0 Å². The van der Waals surface area contributed by atoms with E-state index in [4.69, 9.17) is 5.73 Å². The highest BCUT2D eigenvalue weighted by molar-refractivity contribution is 6.05. The number of fused-ring (bicyclic) bond motifs is 1. The van der Waals surface area contributed by atoms with Crippen molar-refractivity contribution >= 4 is 34.3 Å². The number of pyridine rings is 1. The van der Waals surface area contributed by atoms with E-state index in [1.54, 1.807) is 62.0 Å². The number of aromatic nitrogens is 5. The van der Waals surface area contributed by atoms with E-state index in [1.165, 1.54) is 20.7 Å². The molecule has 1 aromatic carbocycles. The number of amides is 3. The lowest BCUT2D eigenvalue weighted by Crippen LogP contribution is -2.47. The minimum absolute atomic E-state index is 0.000364. The summed E-state index contributed by atoms with van der Waals surface area (Å²) >= 11 is 0. The number of carbonyl (C=O) groups is 3. The second-order valence-electron chi connectivity index (χ2n) is 8.74. The van der Waals surface area contributed by atoms with E-state index in [9.17, 15) is 18.8 Å². The highest BCUT2D eigenvalue weighted by atomic mass is 19.1. The summed E-state index contributed by atoms with van der Waals surface area (Å²) in [5.74, 6) is -1.67.